The SMILES string of the molecule is C=C[CH2-].CC1(C)O[C@H](C([O-])(c2ccccc2)c2ccccc2)[C@@H](C([O-])(c2ccccc2)c2ccccc2)O1.[CH]1[CH][CH][CH][CH]1.[Ti+4]. The van der Waals surface area contributed by atoms with E-state index in [-0.39, 0.29) is 21.7 Å². The fraction of sp³-hybridized carbons (Fsp3) is 0.179. The Morgan fingerprint density at radius 3 is 0.977 bits per heavy atom. The molecule has 1 aliphatic carbocycles. The molecule has 44 heavy (non-hydrogen) atoms. The Hall–Kier alpha value is -2.96. The van der Waals surface area contributed by atoms with Crippen molar-refractivity contribution in [3.63, 3.8) is 0 Å². The zero-order valence-corrected chi connectivity index (χ0v) is 26.8. The molecule has 1 saturated carbocycles. The van der Waals surface area contributed by atoms with Crippen LogP contribution in [0.25, 0.3) is 0 Å². The van der Waals surface area contributed by atoms with E-state index >= 15 is 10.2 Å². The van der Waals surface area contributed by atoms with Crippen LogP contribution in [-0.4, -0.2) is 18.0 Å². The molecule has 6 rings (SSSR count). The molecule has 0 N–H and O–H groups in total. The second-order valence-corrected chi connectivity index (χ2v) is 10.7. The first-order valence-electron chi connectivity index (χ1n) is 14.3. The summed E-state index contributed by atoms with van der Waals surface area (Å²) in [5, 5.41) is 30.3. The molecule has 2 aliphatic rings. The Morgan fingerprint density at radius 1 is 0.568 bits per heavy atom. The van der Waals surface area contributed by atoms with Crippen LogP contribution in [0.5, 0.6) is 0 Å². The van der Waals surface area contributed by atoms with Crippen LogP contribution in [0.15, 0.2) is 134 Å². The molecule has 0 amide bonds. The summed E-state index contributed by atoms with van der Waals surface area (Å²) in [5.74, 6) is -1.13. The van der Waals surface area contributed by atoms with Crippen molar-refractivity contribution < 1.29 is 41.4 Å². The number of ether oxygens (including phenoxy) is 2. The van der Waals surface area contributed by atoms with E-state index in [9.17, 15) is 0 Å². The van der Waals surface area contributed by atoms with Crippen molar-refractivity contribution in [1.29, 1.82) is 0 Å². The van der Waals surface area contributed by atoms with E-state index in [0.717, 1.165) is 0 Å². The van der Waals surface area contributed by atoms with Crippen LogP contribution in [0, 0.1) is 39.0 Å². The molecule has 0 spiro atoms. The fourth-order valence-electron chi connectivity index (χ4n) is 5.41. The van der Waals surface area contributed by atoms with E-state index in [4.69, 9.17) is 9.47 Å². The van der Waals surface area contributed by atoms with Crippen molar-refractivity contribution in [3.8, 4) is 0 Å². The number of allylic oxidation sites excluding steroid dienone is 1. The molecule has 1 saturated heterocycles. The molecule has 0 bridgehead atoms. The number of hydrogen-bond acceptors (Lipinski definition) is 4. The monoisotopic (exact) mass is 618 g/mol. The van der Waals surface area contributed by atoms with Gasteiger partial charge in [0.1, 0.15) is 0 Å². The van der Waals surface area contributed by atoms with Gasteiger partial charge in [-0.15, -0.1) is 0 Å². The van der Waals surface area contributed by atoms with Gasteiger partial charge in [-0.3, -0.25) is 0 Å². The van der Waals surface area contributed by atoms with Gasteiger partial charge in [0.15, 0.2) is 5.79 Å². The maximum atomic E-state index is 15.2. The third kappa shape index (κ3) is 8.00. The molecule has 4 aromatic carbocycles. The van der Waals surface area contributed by atoms with Crippen molar-refractivity contribution in [3.05, 3.63) is 195 Å². The first-order valence-corrected chi connectivity index (χ1v) is 14.3. The summed E-state index contributed by atoms with van der Waals surface area (Å²) in [7, 11) is 0. The van der Waals surface area contributed by atoms with Crippen molar-refractivity contribution >= 4 is 0 Å². The van der Waals surface area contributed by atoms with E-state index < -0.39 is 29.2 Å². The van der Waals surface area contributed by atoms with E-state index in [0.29, 0.717) is 22.3 Å². The molecular weight excluding hydrogens is 580 g/mol. The number of benzene rings is 4. The first-order chi connectivity index (χ1) is 20.8. The van der Waals surface area contributed by atoms with Gasteiger partial charge in [-0.05, 0) is 57.2 Å². The maximum Gasteiger partial charge on any atom is 4.00 e. The zero-order valence-electron chi connectivity index (χ0n) is 25.2. The Bertz CT molecular complexity index is 1190. The smallest absolute Gasteiger partial charge is 0.841 e. The standard InChI is InChI=1S/C31H28O4.C5H5.C3H5.Ti/c1-29(2)34-27(30(32,23-15-7-3-8-16-23)24-17-9-4-10-18-24)28(35-29)31(33,25-19-11-5-12-20-25)26-21-13-6-14-22-26;1-2-4-5-3-1;1-3-2;/h3-22,27-28H,1-2H3;1-5H;3H,1-2H2;/q-2;;-1;+4/t27-,28-;;;/m0.../s1. The number of hydrogen-bond donors (Lipinski definition) is 0. The molecular formula is C39H38O4Ti+. The van der Waals surface area contributed by atoms with Gasteiger partial charge in [-0.25, -0.2) is 19.6 Å². The molecule has 5 radical (unpaired) electrons. The van der Waals surface area contributed by atoms with Crippen LogP contribution < -0.4 is 10.2 Å². The largest absolute Gasteiger partial charge is 4.00 e. The minimum Gasteiger partial charge on any atom is -0.841 e. The molecule has 4 aromatic rings. The van der Waals surface area contributed by atoms with Crippen molar-refractivity contribution in [2.75, 3.05) is 0 Å². The molecule has 1 aliphatic heterocycles. The van der Waals surface area contributed by atoms with Gasteiger partial charge in [0, 0.05) is 0 Å². The summed E-state index contributed by atoms with van der Waals surface area (Å²) >= 11 is 0. The molecule has 1 heterocycles. The summed E-state index contributed by atoms with van der Waals surface area (Å²) in [6.07, 6.45) is 9.28. The van der Waals surface area contributed by atoms with E-state index in [2.05, 4.69) is 13.5 Å². The van der Waals surface area contributed by atoms with Crippen molar-refractivity contribution in [2.45, 2.75) is 43.0 Å². The summed E-state index contributed by atoms with van der Waals surface area (Å²) in [6.45, 7) is 10.0. The second-order valence-electron chi connectivity index (χ2n) is 10.7. The third-order valence-electron chi connectivity index (χ3n) is 7.26. The van der Waals surface area contributed by atoms with Gasteiger partial charge in [0.25, 0.3) is 0 Å². The predicted molar refractivity (Wildman–Crippen MR) is 168 cm³/mol. The topological polar surface area (TPSA) is 64.6 Å². The zero-order chi connectivity index (χ0) is 30.8. The molecule has 0 unspecified atom stereocenters. The predicted octanol–water partition coefficient (Wildman–Crippen LogP) is 6.14. The number of rotatable bonds is 6. The summed E-state index contributed by atoms with van der Waals surface area (Å²) in [4.78, 5) is 0. The van der Waals surface area contributed by atoms with E-state index in [1.807, 2.05) is 105 Å². The van der Waals surface area contributed by atoms with Crippen LogP contribution in [0.1, 0.15) is 36.1 Å². The van der Waals surface area contributed by atoms with Crippen LogP contribution in [0.2, 0.25) is 0 Å². The van der Waals surface area contributed by atoms with Gasteiger partial charge < -0.3 is 19.7 Å². The summed E-state index contributed by atoms with van der Waals surface area (Å²) in [5.41, 5.74) is -1.70. The van der Waals surface area contributed by atoms with Gasteiger partial charge in [-0.2, -0.15) is 0 Å². The fourth-order valence-corrected chi connectivity index (χ4v) is 5.41. The summed E-state index contributed by atoms with van der Waals surface area (Å²) < 4.78 is 12.8. The Labute approximate surface area is 278 Å². The maximum absolute atomic E-state index is 15.2. The van der Waals surface area contributed by atoms with Gasteiger partial charge >= 0.3 is 21.7 Å². The molecule has 2 fully saturated rings. The van der Waals surface area contributed by atoms with Crippen LogP contribution in [0.4, 0.5) is 0 Å². The average Bonchev–Trinajstić information content (AvgIpc) is 3.75. The molecule has 4 nitrogen and oxygen atoms in total. The van der Waals surface area contributed by atoms with Crippen molar-refractivity contribution in [2.24, 2.45) is 0 Å². The third-order valence-corrected chi connectivity index (χ3v) is 7.26. The van der Waals surface area contributed by atoms with Crippen LogP contribution >= 0.6 is 0 Å². The molecule has 0 aromatic heterocycles. The average molecular weight is 619 g/mol. The van der Waals surface area contributed by atoms with E-state index in [1.165, 1.54) is 6.08 Å². The minimum atomic E-state index is -1.89. The molecule has 221 valence electrons. The van der Waals surface area contributed by atoms with Crippen LogP contribution in [0.3, 0.4) is 0 Å². The van der Waals surface area contributed by atoms with Crippen LogP contribution in [-0.2, 0) is 42.4 Å². The molecule has 2 atom stereocenters. The Balaban J connectivity index is 0.000000519. The minimum absolute atomic E-state index is 0. The van der Waals surface area contributed by atoms with Gasteiger partial charge in [0.2, 0.25) is 0 Å². The van der Waals surface area contributed by atoms with E-state index in [1.54, 1.807) is 62.4 Å². The Morgan fingerprint density at radius 2 is 0.773 bits per heavy atom. The summed E-state index contributed by atoms with van der Waals surface area (Å²) in [6, 6.07) is 36.5. The molecule has 5 heteroatoms. The first kappa shape index (κ1) is 35.5. The van der Waals surface area contributed by atoms with Gasteiger partial charge in [-0.1, -0.05) is 144 Å². The Kier molecular flexibility index (Phi) is 13.2. The van der Waals surface area contributed by atoms with Crippen molar-refractivity contribution in [1.82, 2.24) is 0 Å². The second kappa shape index (κ2) is 16.4. The van der Waals surface area contributed by atoms with Gasteiger partial charge in [0.05, 0.1) is 12.2 Å². The normalized spacial score (nSPS) is 18.9. The quantitative estimate of drug-likeness (QED) is 0.193.